The third kappa shape index (κ3) is 5.85. The van der Waals surface area contributed by atoms with Crippen LogP contribution >= 0.6 is 24.0 Å². The molecule has 3 unspecified atom stereocenters. The molecule has 1 aliphatic carbocycles. The molecular formula is C17H31F3IN5. The van der Waals surface area contributed by atoms with Crippen LogP contribution in [0.1, 0.15) is 25.7 Å². The molecule has 0 aromatic carbocycles. The van der Waals surface area contributed by atoms with Crippen LogP contribution in [0.15, 0.2) is 4.99 Å². The lowest BCUT2D eigenvalue weighted by molar-refractivity contribution is -0.185. The van der Waals surface area contributed by atoms with Crippen molar-refractivity contribution in [2.45, 2.75) is 37.9 Å². The van der Waals surface area contributed by atoms with Gasteiger partial charge in [0.2, 0.25) is 0 Å². The predicted octanol–water partition coefficient (Wildman–Crippen LogP) is 2.14. The summed E-state index contributed by atoms with van der Waals surface area (Å²) in [5, 5.41) is 6.59. The molecule has 0 aromatic heterocycles. The molecule has 0 amide bonds. The standard InChI is InChI=1S/C17H30F3N5.HI/c1-21-16(23-11-15-12-24-5-7-25(15)8-6-24)22-10-13-3-2-4-14(9-13)17(18,19)20;/h13-15H,2-12H2,1H3,(H2,21,22,23);1H. The molecule has 0 aromatic rings. The summed E-state index contributed by atoms with van der Waals surface area (Å²) in [6.07, 6.45) is -2.01. The van der Waals surface area contributed by atoms with Crippen LogP contribution in [-0.4, -0.2) is 80.8 Å². The maximum atomic E-state index is 12.9. The lowest BCUT2D eigenvalue weighted by Gasteiger charge is -2.47. The van der Waals surface area contributed by atoms with Crippen molar-refractivity contribution in [1.82, 2.24) is 20.4 Å². The zero-order chi connectivity index (χ0) is 17.9. The first kappa shape index (κ1) is 22.0. The van der Waals surface area contributed by atoms with Crippen LogP contribution in [-0.2, 0) is 0 Å². The van der Waals surface area contributed by atoms with Crippen LogP contribution in [0.5, 0.6) is 0 Å². The van der Waals surface area contributed by atoms with E-state index in [1.165, 1.54) is 0 Å². The van der Waals surface area contributed by atoms with Gasteiger partial charge in [0.1, 0.15) is 0 Å². The van der Waals surface area contributed by atoms with Gasteiger partial charge in [0.15, 0.2) is 5.96 Å². The average Bonchev–Trinajstić information content (AvgIpc) is 2.62. The smallest absolute Gasteiger partial charge is 0.356 e. The molecule has 152 valence electrons. The van der Waals surface area contributed by atoms with Crippen molar-refractivity contribution in [3.63, 3.8) is 0 Å². The van der Waals surface area contributed by atoms with Gasteiger partial charge < -0.3 is 10.6 Å². The fraction of sp³-hybridized carbons (Fsp3) is 0.941. The fourth-order valence-corrected chi connectivity index (χ4v) is 4.37. The Labute approximate surface area is 171 Å². The fourth-order valence-electron chi connectivity index (χ4n) is 4.37. The van der Waals surface area contributed by atoms with Gasteiger partial charge in [0.25, 0.3) is 0 Å². The lowest BCUT2D eigenvalue weighted by atomic mass is 9.81. The number of guanidine groups is 1. The molecule has 4 aliphatic rings. The van der Waals surface area contributed by atoms with E-state index in [0.717, 1.165) is 45.7 Å². The third-order valence-corrected chi connectivity index (χ3v) is 5.92. The van der Waals surface area contributed by atoms with E-state index in [2.05, 4.69) is 25.4 Å². The molecule has 1 saturated carbocycles. The minimum atomic E-state index is -4.05. The molecule has 4 fully saturated rings. The number of nitrogens with zero attached hydrogens (tertiary/aromatic N) is 3. The summed E-state index contributed by atoms with van der Waals surface area (Å²) in [6.45, 7) is 7.04. The van der Waals surface area contributed by atoms with E-state index in [0.29, 0.717) is 25.0 Å². The molecule has 3 aliphatic heterocycles. The normalized spacial score (nSPS) is 34.9. The Bertz CT molecular complexity index is 466. The molecule has 3 heterocycles. The van der Waals surface area contributed by atoms with Crippen molar-refractivity contribution >= 4 is 29.9 Å². The van der Waals surface area contributed by atoms with Crippen molar-refractivity contribution in [1.29, 1.82) is 0 Å². The van der Waals surface area contributed by atoms with E-state index in [1.54, 1.807) is 7.05 Å². The molecule has 9 heteroatoms. The second kappa shape index (κ2) is 9.77. The number of hydrogen-bond donors (Lipinski definition) is 2. The van der Waals surface area contributed by atoms with Crippen LogP contribution in [0.3, 0.4) is 0 Å². The van der Waals surface area contributed by atoms with Crippen LogP contribution in [0.2, 0.25) is 0 Å². The maximum Gasteiger partial charge on any atom is 0.391 e. The largest absolute Gasteiger partial charge is 0.391 e. The Balaban J connectivity index is 0.00000243. The second-order valence-electron chi connectivity index (χ2n) is 7.60. The van der Waals surface area contributed by atoms with Gasteiger partial charge in [-0.3, -0.25) is 14.8 Å². The monoisotopic (exact) mass is 489 g/mol. The highest BCUT2D eigenvalue weighted by molar-refractivity contribution is 14.0. The molecule has 4 rings (SSSR count). The molecule has 0 spiro atoms. The van der Waals surface area contributed by atoms with Crippen LogP contribution < -0.4 is 10.6 Å². The Kier molecular flexibility index (Phi) is 8.27. The van der Waals surface area contributed by atoms with Gasteiger partial charge in [-0.15, -0.1) is 24.0 Å². The zero-order valence-corrected chi connectivity index (χ0v) is 17.7. The Hall–Kier alpha value is -0.290. The SMILES string of the molecule is CN=C(NCC1CCCC(C(F)(F)F)C1)NCC1CN2CCN1CC2.I. The van der Waals surface area contributed by atoms with Gasteiger partial charge in [-0.1, -0.05) is 6.42 Å². The van der Waals surface area contributed by atoms with Gasteiger partial charge in [-0.25, -0.2) is 0 Å². The number of fused-ring (bicyclic) bond motifs is 3. The summed E-state index contributed by atoms with van der Waals surface area (Å²) in [7, 11) is 1.71. The quantitative estimate of drug-likeness (QED) is 0.361. The summed E-state index contributed by atoms with van der Waals surface area (Å²) in [6, 6.07) is 0.491. The van der Waals surface area contributed by atoms with E-state index < -0.39 is 12.1 Å². The predicted molar refractivity (Wildman–Crippen MR) is 108 cm³/mol. The molecule has 26 heavy (non-hydrogen) atoms. The molecule has 2 N–H and O–H groups in total. The summed E-state index contributed by atoms with van der Waals surface area (Å²) in [5.41, 5.74) is 0. The lowest BCUT2D eigenvalue weighted by Crippen LogP contribution is -2.63. The number of halogens is 4. The highest BCUT2D eigenvalue weighted by Crippen LogP contribution is 2.39. The number of alkyl halides is 3. The Morgan fingerprint density at radius 2 is 1.77 bits per heavy atom. The number of hydrogen-bond acceptors (Lipinski definition) is 3. The minimum Gasteiger partial charge on any atom is -0.356 e. The van der Waals surface area contributed by atoms with Crippen molar-refractivity contribution < 1.29 is 13.2 Å². The maximum absolute atomic E-state index is 12.9. The van der Waals surface area contributed by atoms with Crippen molar-refractivity contribution in [2.24, 2.45) is 16.8 Å². The van der Waals surface area contributed by atoms with Crippen LogP contribution in [0.25, 0.3) is 0 Å². The number of aliphatic imine (C=N–C) groups is 1. The van der Waals surface area contributed by atoms with E-state index in [9.17, 15) is 13.2 Å². The summed E-state index contributed by atoms with van der Waals surface area (Å²) in [5.74, 6) is -0.367. The van der Waals surface area contributed by atoms with Gasteiger partial charge >= 0.3 is 6.18 Å². The molecular weight excluding hydrogens is 458 g/mol. The van der Waals surface area contributed by atoms with Gasteiger partial charge in [0, 0.05) is 58.9 Å². The topological polar surface area (TPSA) is 42.9 Å². The molecule has 2 bridgehead atoms. The Morgan fingerprint density at radius 1 is 1.08 bits per heavy atom. The minimum absolute atomic E-state index is 0. The highest BCUT2D eigenvalue weighted by Gasteiger charge is 2.42. The average molecular weight is 489 g/mol. The van der Waals surface area contributed by atoms with Crippen LogP contribution in [0, 0.1) is 11.8 Å². The van der Waals surface area contributed by atoms with E-state index >= 15 is 0 Å². The molecule has 0 radical (unpaired) electrons. The van der Waals surface area contributed by atoms with Gasteiger partial charge in [0.05, 0.1) is 5.92 Å². The van der Waals surface area contributed by atoms with Crippen molar-refractivity contribution in [3.8, 4) is 0 Å². The molecule has 3 atom stereocenters. The Morgan fingerprint density at radius 3 is 2.35 bits per heavy atom. The number of piperazine rings is 3. The summed E-state index contributed by atoms with van der Waals surface area (Å²) >= 11 is 0. The summed E-state index contributed by atoms with van der Waals surface area (Å²) in [4.78, 5) is 9.22. The summed E-state index contributed by atoms with van der Waals surface area (Å²) < 4.78 is 38.7. The van der Waals surface area contributed by atoms with Crippen LogP contribution in [0.4, 0.5) is 13.2 Å². The van der Waals surface area contributed by atoms with Crippen molar-refractivity contribution in [3.05, 3.63) is 0 Å². The second-order valence-corrected chi connectivity index (χ2v) is 7.60. The first-order chi connectivity index (χ1) is 12.0. The molecule has 3 saturated heterocycles. The van der Waals surface area contributed by atoms with Crippen molar-refractivity contribution in [2.75, 3.05) is 52.9 Å². The van der Waals surface area contributed by atoms with Gasteiger partial charge in [-0.2, -0.15) is 13.2 Å². The first-order valence-corrected chi connectivity index (χ1v) is 9.43. The van der Waals surface area contributed by atoms with E-state index in [1.807, 2.05) is 0 Å². The number of nitrogens with one attached hydrogen (secondary N) is 2. The first-order valence-electron chi connectivity index (χ1n) is 9.43. The highest BCUT2D eigenvalue weighted by atomic mass is 127. The molecule has 5 nitrogen and oxygen atoms in total. The van der Waals surface area contributed by atoms with E-state index in [4.69, 9.17) is 0 Å². The zero-order valence-electron chi connectivity index (χ0n) is 15.4. The third-order valence-electron chi connectivity index (χ3n) is 5.92. The number of rotatable bonds is 4. The van der Waals surface area contributed by atoms with E-state index in [-0.39, 0.29) is 42.7 Å². The van der Waals surface area contributed by atoms with Gasteiger partial charge in [-0.05, 0) is 25.2 Å².